The van der Waals surface area contributed by atoms with Gasteiger partial charge in [0.05, 0.1) is 6.61 Å². The first-order valence-electron chi connectivity index (χ1n) is 7.97. The van der Waals surface area contributed by atoms with Crippen molar-refractivity contribution in [3.8, 4) is 12.3 Å². The summed E-state index contributed by atoms with van der Waals surface area (Å²) in [5, 5.41) is 9.66. The maximum Gasteiger partial charge on any atom is 0.330 e. The minimum atomic E-state index is -1.33. The van der Waals surface area contributed by atoms with Crippen LogP contribution in [-0.4, -0.2) is 44.9 Å². The van der Waals surface area contributed by atoms with Crippen molar-refractivity contribution in [2.75, 3.05) is 6.61 Å². The Labute approximate surface area is 137 Å². The molecule has 1 spiro atoms. The van der Waals surface area contributed by atoms with Crippen molar-refractivity contribution >= 4 is 0 Å². The molecule has 2 aliphatic heterocycles. The molecule has 0 unspecified atom stereocenters. The number of aromatic nitrogens is 2. The molecule has 0 aromatic carbocycles. The molecule has 8 nitrogen and oxygen atoms in total. The predicted octanol–water partition coefficient (Wildman–Crippen LogP) is -0.516. The van der Waals surface area contributed by atoms with E-state index in [1.165, 1.54) is 16.8 Å². The number of ether oxygens (including phenoxy) is 3. The summed E-state index contributed by atoms with van der Waals surface area (Å²) in [6.45, 7) is -0.317. The summed E-state index contributed by atoms with van der Waals surface area (Å²) in [6, 6.07) is 1.21. The van der Waals surface area contributed by atoms with Gasteiger partial charge in [-0.3, -0.25) is 14.3 Å². The number of terminal acetylenes is 1. The number of fused-ring (bicyclic) bond motifs is 1. The SMILES string of the molecule is C#C[C@@]12OC3(CCCC3)O[C@@H]1[C@@H](CO)O[C@H]2n1ccc(=O)[nH]c1=O. The molecule has 3 heterocycles. The Kier molecular flexibility index (Phi) is 3.44. The minimum Gasteiger partial charge on any atom is -0.394 e. The van der Waals surface area contributed by atoms with Crippen LogP contribution < -0.4 is 11.2 Å². The highest BCUT2D eigenvalue weighted by Crippen LogP contribution is 2.54. The number of H-pyrrole nitrogens is 1. The van der Waals surface area contributed by atoms with Crippen LogP contribution in [0.3, 0.4) is 0 Å². The van der Waals surface area contributed by atoms with Gasteiger partial charge in [0.1, 0.15) is 12.2 Å². The predicted molar refractivity (Wildman–Crippen MR) is 81.0 cm³/mol. The van der Waals surface area contributed by atoms with Crippen molar-refractivity contribution in [2.24, 2.45) is 0 Å². The quantitative estimate of drug-likeness (QED) is 0.706. The number of aliphatic hydroxyl groups excluding tert-OH is 1. The fourth-order valence-electron chi connectivity index (χ4n) is 3.93. The third-order valence-electron chi connectivity index (χ3n) is 5.00. The third-order valence-corrected chi connectivity index (χ3v) is 5.00. The Hall–Kier alpha value is -1.92. The lowest BCUT2D eigenvalue weighted by Crippen LogP contribution is -2.47. The molecule has 128 valence electrons. The summed E-state index contributed by atoms with van der Waals surface area (Å²) >= 11 is 0. The van der Waals surface area contributed by atoms with Gasteiger partial charge >= 0.3 is 5.69 Å². The van der Waals surface area contributed by atoms with Crippen LogP contribution in [-0.2, 0) is 14.2 Å². The normalized spacial score (nSPS) is 36.8. The maximum absolute atomic E-state index is 12.2. The molecular weight excluding hydrogens is 316 g/mol. The Morgan fingerprint density at radius 3 is 2.79 bits per heavy atom. The molecule has 8 heteroatoms. The van der Waals surface area contributed by atoms with Gasteiger partial charge in [-0.2, -0.15) is 0 Å². The number of aliphatic hydroxyl groups is 1. The molecule has 3 aliphatic rings. The second-order valence-electron chi connectivity index (χ2n) is 6.42. The van der Waals surface area contributed by atoms with Crippen LogP contribution in [0.1, 0.15) is 31.9 Å². The summed E-state index contributed by atoms with van der Waals surface area (Å²) in [7, 11) is 0. The molecule has 1 saturated carbocycles. The molecular formula is C16H18N2O6. The van der Waals surface area contributed by atoms with E-state index in [0.29, 0.717) is 12.8 Å². The fraction of sp³-hybridized carbons (Fsp3) is 0.625. The number of hydrogen-bond acceptors (Lipinski definition) is 6. The van der Waals surface area contributed by atoms with Gasteiger partial charge in [-0.05, 0) is 12.8 Å². The molecule has 1 aromatic heterocycles. The first kappa shape index (κ1) is 15.6. The van der Waals surface area contributed by atoms with Crippen LogP contribution in [0.4, 0.5) is 0 Å². The van der Waals surface area contributed by atoms with Crippen molar-refractivity contribution in [3.05, 3.63) is 33.1 Å². The molecule has 2 saturated heterocycles. The molecule has 2 N–H and O–H groups in total. The van der Waals surface area contributed by atoms with E-state index in [4.69, 9.17) is 20.6 Å². The average Bonchev–Trinajstić information content (AvgIpc) is 3.22. The number of nitrogens with zero attached hydrogens (tertiary/aromatic N) is 1. The standard InChI is InChI=1S/C16H18N2O6/c1-2-16-12(23-15(24-16)6-3-4-7-15)10(9-19)22-13(16)18-8-5-11(20)17-14(18)21/h1,5,8,10,12-13,19H,3-4,6-7,9H2,(H,17,20,21)/t10-,12-,13-,16-/m1/s1. The second kappa shape index (κ2) is 5.29. The number of nitrogens with one attached hydrogen (secondary N) is 1. The number of aromatic amines is 1. The van der Waals surface area contributed by atoms with E-state index in [9.17, 15) is 14.7 Å². The smallest absolute Gasteiger partial charge is 0.330 e. The monoisotopic (exact) mass is 334 g/mol. The topological polar surface area (TPSA) is 103 Å². The van der Waals surface area contributed by atoms with Crippen LogP contribution in [0.2, 0.25) is 0 Å². The van der Waals surface area contributed by atoms with E-state index in [2.05, 4.69) is 10.9 Å². The molecule has 0 bridgehead atoms. The van der Waals surface area contributed by atoms with Gasteiger partial charge in [0.15, 0.2) is 12.0 Å². The van der Waals surface area contributed by atoms with Gasteiger partial charge in [0.2, 0.25) is 5.60 Å². The van der Waals surface area contributed by atoms with Gasteiger partial charge < -0.3 is 19.3 Å². The third kappa shape index (κ3) is 2.03. The largest absolute Gasteiger partial charge is 0.394 e. The Bertz CT molecular complexity index is 802. The zero-order valence-electron chi connectivity index (χ0n) is 12.9. The molecule has 4 rings (SSSR count). The molecule has 24 heavy (non-hydrogen) atoms. The lowest BCUT2D eigenvalue weighted by atomic mass is 9.95. The van der Waals surface area contributed by atoms with Gasteiger partial charge in [0, 0.05) is 25.1 Å². The lowest BCUT2D eigenvalue weighted by molar-refractivity contribution is -0.226. The molecule has 0 radical (unpaired) electrons. The van der Waals surface area contributed by atoms with Crippen molar-refractivity contribution in [3.63, 3.8) is 0 Å². The van der Waals surface area contributed by atoms with E-state index in [0.717, 1.165) is 12.8 Å². The van der Waals surface area contributed by atoms with E-state index in [-0.39, 0.29) is 6.61 Å². The highest BCUT2D eigenvalue weighted by atomic mass is 16.8. The van der Waals surface area contributed by atoms with Gasteiger partial charge in [-0.15, -0.1) is 6.42 Å². The number of rotatable bonds is 2. The van der Waals surface area contributed by atoms with Crippen LogP contribution in [0.25, 0.3) is 0 Å². The first-order valence-corrected chi connectivity index (χ1v) is 7.97. The highest BCUT2D eigenvalue weighted by Gasteiger charge is 2.68. The summed E-state index contributed by atoms with van der Waals surface area (Å²) in [6.07, 6.45) is 8.03. The Morgan fingerprint density at radius 2 is 2.17 bits per heavy atom. The zero-order valence-corrected chi connectivity index (χ0v) is 12.9. The molecule has 1 aliphatic carbocycles. The average molecular weight is 334 g/mol. The molecule has 1 aromatic rings. The number of hydrogen-bond donors (Lipinski definition) is 2. The van der Waals surface area contributed by atoms with Crippen molar-refractivity contribution < 1.29 is 19.3 Å². The van der Waals surface area contributed by atoms with E-state index >= 15 is 0 Å². The van der Waals surface area contributed by atoms with E-state index in [1.807, 2.05) is 0 Å². The fourth-order valence-corrected chi connectivity index (χ4v) is 3.93. The summed E-state index contributed by atoms with van der Waals surface area (Å²) < 4.78 is 19.3. The van der Waals surface area contributed by atoms with Crippen molar-refractivity contribution in [2.45, 2.75) is 55.5 Å². The van der Waals surface area contributed by atoms with Gasteiger partial charge in [-0.25, -0.2) is 4.79 Å². The van der Waals surface area contributed by atoms with Crippen molar-refractivity contribution in [1.29, 1.82) is 0 Å². The lowest BCUT2D eigenvalue weighted by Gasteiger charge is -2.30. The Morgan fingerprint density at radius 1 is 1.42 bits per heavy atom. The second-order valence-corrected chi connectivity index (χ2v) is 6.42. The molecule has 3 fully saturated rings. The van der Waals surface area contributed by atoms with Crippen molar-refractivity contribution in [1.82, 2.24) is 9.55 Å². The van der Waals surface area contributed by atoms with Gasteiger partial charge in [0.25, 0.3) is 5.56 Å². The van der Waals surface area contributed by atoms with Crippen LogP contribution >= 0.6 is 0 Å². The zero-order chi connectivity index (χ0) is 16.9. The van der Waals surface area contributed by atoms with Crippen LogP contribution in [0, 0.1) is 12.3 Å². The van der Waals surface area contributed by atoms with E-state index < -0.39 is 41.1 Å². The highest BCUT2D eigenvalue weighted by molar-refractivity contribution is 5.24. The first-order chi connectivity index (χ1) is 11.5. The summed E-state index contributed by atoms with van der Waals surface area (Å²) in [5.41, 5.74) is -2.51. The maximum atomic E-state index is 12.2. The van der Waals surface area contributed by atoms with Crippen LogP contribution in [0.15, 0.2) is 21.9 Å². The summed E-state index contributed by atoms with van der Waals surface area (Å²) in [5.74, 6) is 1.82. The van der Waals surface area contributed by atoms with Gasteiger partial charge in [-0.1, -0.05) is 5.92 Å². The molecule has 0 amide bonds. The summed E-state index contributed by atoms with van der Waals surface area (Å²) in [4.78, 5) is 25.7. The Balaban J connectivity index is 1.81. The minimum absolute atomic E-state index is 0.317. The van der Waals surface area contributed by atoms with E-state index in [1.54, 1.807) is 0 Å². The van der Waals surface area contributed by atoms with Crippen LogP contribution in [0.5, 0.6) is 0 Å². The molecule has 4 atom stereocenters.